The van der Waals surface area contributed by atoms with Gasteiger partial charge in [0.25, 0.3) is 11.7 Å². The number of hydrogen-bond acceptors (Lipinski definition) is 7. The number of nitrogens with zero attached hydrogens (tertiary/aromatic N) is 1. The Hall–Kier alpha value is -4.59. The SMILES string of the molecule is CCCOC(=O)c1cccc(N2C(=O)C(=O)/C(=C(/O)c3ccc(OCC)cc3)C2c2ccc(O)cc2)c1. The van der Waals surface area contributed by atoms with Crippen LogP contribution in [0.15, 0.2) is 78.4 Å². The smallest absolute Gasteiger partial charge is 0.338 e. The summed E-state index contributed by atoms with van der Waals surface area (Å²) in [7, 11) is 0. The highest BCUT2D eigenvalue weighted by Crippen LogP contribution is 2.42. The summed E-state index contributed by atoms with van der Waals surface area (Å²) in [4.78, 5) is 40.3. The van der Waals surface area contributed by atoms with Crippen LogP contribution in [0.1, 0.15) is 47.8 Å². The Kier molecular flexibility index (Phi) is 7.57. The number of anilines is 1. The Morgan fingerprint density at radius 3 is 2.30 bits per heavy atom. The average molecular weight is 502 g/mol. The highest BCUT2D eigenvalue weighted by atomic mass is 16.5. The van der Waals surface area contributed by atoms with Gasteiger partial charge in [0.1, 0.15) is 17.3 Å². The zero-order valence-electron chi connectivity index (χ0n) is 20.5. The number of benzene rings is 3. The summed E-state index contributed by atoms with van der Waals surface area (Å²) in [6, 6.07) is 17.8. The maximum atomic E-state index is 13.3. The fourth-order valence-corrected chi connectivity index (χ4v) is 4.16. The molecular formula is C29H27NO7. The third-order valence-electron chi connectivity index (χ3n) is 5.89. The molecule has 8 nitrogen and oxygen atoms in total. The van der Waals surface area contributed by atoms with E-state index in [2.05, 4.69) is 0 Å². The van der Waals surface area contributed by atoms with E-state index in [0.29, 0.717) is 29.9 Å². The van der Waals surface area contributed by atoms with Crippen molar-refractivity contribution >= 4 is 29.1 Å². The van der Waals surface area contributed by atoms with Crippen molar-refractivity contribution in [2.45, 2.75) is 26.3 Å². The molecule has 8 heteroatoms. The summed E-state index contributed by atoms with van der Waals surface area (Å²) in [5, 5.41) is 21.0. The highest BCUT2D eigenvalue weighted by Gasteiger charge is 2.47. The third-order valence-corrected chi connectivity index (χ3v) is 5.89. The molecule has 1 fully saturated rings. The minimum atomic E-state index is -1.01. The van der Waals surface area contributed by atoms with Crippen molar-refractivity contribution in [1.82, 2.24) is 0 Å². The standard InChI is InChI=1S/C29H27NO7/c1-3-16-37-29(35)20-6-5-7-21(17-20)30-25(18-8-12-22(31)13-9-18)24(27(33)28(30)34)26(32)19-10-14-23(15-11-19)36-4-2/h5-15,17,25,31-32H,3-4,16H2,1-2H3/b26-24+. The van der Waals surface area contributed by atoms with Crippen LogP contribution in [-0.4, -0.2) is 41.1 Å². The molecule has 1 aliphatic heterocycles. The second-order valence-corrected chi connectivity index (χ2v) is 8.40. The Bertz CT molecular complexity index is 1340. The first-order valence-electron chi connectivity index (χ1n) is 12.0. The van der Waals surface area contributed by atoms with E-state index in [4.69, 9.17) is 9.47 Å². The second-order valence-electron chi connectivity index (χ2n) is 8.40. The molecule has 4 rings (SSSR count). The Morgan fingerprint density at radius 1 is 0.946 bits per heavy atom. The summed E-state index contributed by atoms with van der Waals surface area (Å²) >= 11 is 0. The number of ether oxygens (including phenoxy) is 2. The predicted octanol–water partition coefficient (Wildman–Crippen LogP) is 4.98. The van der Waals surface area contributed by atoms with Gasteiger partial charge in [-0.15, -0.1) is 0 Å². The van der Waals surface area contributed by atoms with Gasteiger partial charge in [-0.05, 0) is 73.5 Å². The van der Waals surface area contributed by atoms with Crippen LogP contribution in [0.4, 0.5) is 5.69 Å². The van der Waals surface area contributed by atoms with Crippen LogP contribution in [0.25, 0.3) is 5.76 Å². The summed E-state index contributed by atoms with van der Waals surface area (Å²) in [6.07, 6.45) is 0.659. The van der Waals surface area contributed by atoms with E-state index in [-0.39, 0.29) is 34.9 Å². The van der Waals surface area contributed by atoms with Gasteiger partial charge >= 0.3 is 5.97 Å². The van der Waals surface area contributed by atoms with E-state index in [1.54, 1.807) is 54.6 Å². The molecule has 2 N–H and O–H groups in total. The van der Waals surface area contributed by atoms with E-state index in [9.17, 15) is 24.6 Å². The van der Waals surface area contributed by atoms with Crippen LogP contribution < -0.4 is 9.64 Å². The Labute approximate surface area is 214 Å². The van der Waals surface area contributed by atoms with E-state index in [1.165, 1.54) is 23.1 Å². The van der Waals surface area contributed by atoms with E-state index >= 15 is 0 Å². The van der Waals surface area contributed by atoms with Crippen LogP contribution in [0.3, 0.4) is 0 Å². The van der Waals surface area contributed by atoms with E-state index < -0.39 is 23.7 Å². The van der Waals surface area contributed by atoms with Gasteiger partial charge in [-0.2, -0.15) is 0 Å². The molecule has 1 aliphatic rings. The number of amides is 1. The van der Waals surface area contributed by atoms with Crippen molar-refractivity contribution < 1.29 is 34.1 Å². The lowest BCUT2D eigenvalue weighted by Gasteiger charge is -2.26. The number of carbonyl (C=O) groups excluding carboxylic acids is 3. The quantitative estimate of drug-likeness (QED) is 0.194. The summed E-state index contributed by atoms with van der Waals surface area (Å²) in [5.41, 5.74) is 1.23. The zero-order chi connectivity index (χ0) is 26.5. The Morgan fingerprint density at radius 2 is 1.65 bits per heavy atom. The lowest BCUT2D eigenvalue weighted by molar-refractivity contribution is -0.132. The number of phenols is 1. The molecule has 0 spiro atoms. The molecule has 0 aliphatic carbocycles. The number of phenolic OH excluding ortho intramolecular Hbond substituents is 1. The molecule has 1 heterocycles. The molecule has 0 aromatic heterocycles. The van der Waals surface area contributed by atoms with E-state index in [1.807, 2.05) is 13.8 Å². The predicted molar refractivity (Wildman–Crippen MR) is 138 cm³/mol. The van der Waals surface area contributed by atoms with Gasteiger partial charge in [0.05, 0.1) is 30.4 Å². The third kappa shape index (κ3) is 5.18. The number of ketones is 1. The number of esters is 1. The monoisotopic (exact) mass is 501 g/mol. The van der Waals surface area contributed by atoms with E-state index in [0.717, 1.165) is 0 Å². The van der Waals surface area contributed by atoms with Gasteiger partial charge in [-0.1, -0.05) is 25.1 Å². The zero-order valence-corrected chi connectivity index (χ0v) is 20.5. The van der Waals surface area contributed by atoms with Crippen molar-refractivity contribution in [1.29, 1.82) is 0 Å². The minimum absolute atomic E-state index is 0.00730. The number of hydrogen-bond donors (Lipinski definition) is 2. The summed E-state index contributed by atoms with van der Waals surface area (Å²) in [5.74, 6) is -2.02. The molecule has 0 bridgehead atoms. The van der Waals surface area contributed by atoms with Gasteiger partial charge in [-0.3, -0.25) is 14.5 Å². The normalized spacial score (nSPS) is 16.6. The molecule has 37 heavy (non-hydrogen) atoms. The van der Waals surface area contributed by atoms with Crippen LogP contribution in [0.5, 0.6) is 11.5 Å². The summed E-state index contributed by atoms with van der Waals surface area (Å²) in [6.45, 7) is 4.46. The minimum Gasteiger partial charge on any atom is -0.508 e. The molecule has 1 amide bonds. The first kappa shape index (κ1) is 25.5. The Balaban J connectivity index is 1.84. The first-order valence-corrected chi connectivity index (χ1v) is 12.0. The van der Waals surface area contributed by atoms with Crippen LogP contribution in [0.2, 0.25) is 0 Å². The first-order chi connectivity index (χ1) is 17.8. The number of Topliss-reactive ketones (excluding diaryl/α,β-unsaturated/α-hetero) is 1. The molecule has 1 atom stereocenters. The van der Waals surface area contributed by atoms with Gasteiger partial charge in [-0.25, -0.2) is 4.79 Å². The number of rotatable bonds is 8. The van der Waals surface area contributed by atoms with Crippen molar-refractivity contribution in [2.24, 2.45) is 0 Å². The maximum Gasteiger partial charge on any atom is 0.338 e. The maximum absolute atomic E-state index is 13.3. The average Bonchev–Trinajstić information content (AvgIpc) is 3.18. The molecule has 3 aromatic rings. The van der Waals surface area contributed by atoms with Crippen LogP contribution in [-0.2, 0) is 14.3 Å². The topological polar surface area (TPSA) is 113 Å². The highest BCUT2D eigenvalue weighted by molar-refractivity contribution is 6.51. The van der Waals surface area contributed by atoms with Crippen molar-refractivity contribution in [3.8, 4) is 11.5 Å². The van der Waals surface area contributed by atoms with Gasteiger partial charge in [0, 0.05) is 11.3 Å². The number of aromatic hydroxyl groups is 1. The van der Waals surface area contributed by atoms with Gasteiger partial charge in [0.15, 0.2) is 0 Å². The fourth-order valence-electron chi connectivity index (χ4n) is 4.16. The number of aliphatic hydroxyl groups excluding tert-OH is 1. The van der Waals surface area contributed by atoms with Crippen LogP contribution >= 0.6 is 0 Å². The van der Waals surface area contributed by atoms with Gasteiger partial charge in [0.2, 0.25) is 0 Å². The largest absolute Gasteiger partial charge is 0.508 e. The molecule has 1 saturated heterocycles. The lowest BCUT2D eigenvalue weighted by Crippen LogP contribution is -2.29. The molecular weight excluding hydrogens is 474 g/mol. The lowest BCUT2D eigenvalue weighted by atomic mass is 9.95. The van der Waals surface area contributed by atoms with Crippen molar-refractivity contribution in [3.63, 3.8) is 0 Å². The van der Waals surface area contributed by atoms with Gasteiger partial charge < -0.3 is 19.7 Å². The molecule has 0 saturated carbocycles. The summed E-state index contributed by atoms with van der Waals surface area (Å²) < 4.78 is 10.7. The van der Waals surface area contributed by atoms with Crippen molar-refractivity contribution in [3.05, 3.63) is 95.1 Å². The number of carbonyl (C=O) groups is 3. The second kappa shape index (κ2) is 11.0. The number of aliphatic hydroxyl groups is 1. The fraction of sp³-hybridized carbons (Fsp3) is 0.207. The molecule has 190 valence electrons. The molecule has 3 aromatic carbocycles. The van der Waals surface area contributed by atoms with Crippen LogP contribution in [0, 0.1) is 0 Å². The molecule has 0 radical (unpaired) electrons. The molecule has 1 unspecified atom stereocenters. The van der Waals surface area contributed by atoms with Crippen molar-refractivity contribution in [2.75, 3.05) is 18.1 Å².